The van der Waals surface area contributed by atoms with Gasteiger partial charge in [0.05, 0.1) is 39.0 Å². The molecule has 0 saturated carbocycles. The molecule has 1 heterocycles. The van der Waals surface area contributed by atoms with Crippen LogP contribution in [0.2, 0.25) is 0 Å². The second kappa shape index (κ2) is 11.4. The molecule has 0 aliphatic carbocycles. The molecule has 2 aromatic carbocycles. The highest BCUT2D eigenvalue weighted by atomic mass is 16.5. The van der Waals surface area contributed by atoms with Gasteiger partial charge in [0.1, 0.15) is 17.2 Å². The fourth-order valence-corrected chi connectivity index (χ4v) is 3.02. The zero-order valence-corrected chi connectivity index (χ0v) is 19.0. The Balaban J connectivity index is 1.61. The second-order valence-electron chi connectivity index (χ2n) is 7.01. The lowest BCUT2D eigenvalue weighted by Gasteiger charge is -2.16. The van der Waals surface area contributed by atoms with Gasteiger partial charge in [-0.2, -0.15) is 0 Å². The minimum atomic E-state index is -0.468. The fraction of sp³-hybridized carbons (Fsp3) is 0.208. The van der Waals surface area contributed by atoms with Crippen molar-refractivity contribution >= 4 is 34.8 Å². The molecule has 0 aliphatic heterocycles. The van der Waals surface area contributed by atoms with Crippen LogP contribution in [0.25, 0.3) is 0 Å². The first-order valence-corrected chi connectivity index (χ1v) is 10.3. The highest BCUT2D eigenvalue weighted by molar-refractivity contribution is 6.04. The number of methoxy groups -OCH3 is 3. The van der Waals surface area contributed by atoms with E-state index in [2.05, 4.69) is 16.0 Å². The van der Waals surface area contributed by atoms with Crippen LogP contribution in [0.4, 0.5) is 17.1 Å². The summed E-state index contributed by atoms with van der Waals surface area (Å²) in [7, 11) is 4.42. The Kier molecular flexibility index (Phi) is 8.11. The van der Waals surface area contributed by atoms with E-state index in [1.54, 1.807) is 37.4 Å². The SMILES string of the molecule is COc1ccc(NC(=O)CCC(=O)Nc2cc(OC)c(NC(=O)c3ccco3)cc2OC)cc1. The molecule has 3 rings (SSSR count). The van der Waals surface area contributed by atoms with Gasteiger partial charge in [0.15, 0.2) is 5.76 Å². The summed E-state index contributed by atoms with van der Waals surface area (Å²) in [5.74, 6) is 0.239. The Morgan fingerprint density at radius 2 is 1.35 bits per heavy atom. The Labute approximate surface area is 196 Å². The van der Waals surface area contributed by atoms with E-state index in [9.17, 15) is 14.4 Å². The van der Waals surface area contributed by atoms with Gasteiger partial charge in [-0.25, -0.2) is 0 Å². The predicted molar refractivity (Wildman–Crippen MR) is 126 cm³/mol. The molecule has 1 aromatic heterocycles. The average Bonchev–Trinajstić information content (AvgIpc) is 3.39. The molecule has 3 amide bonds. The molecule has 10 heteroatoms. The van der Waals surface area contributed by atoms with Crippen molar-refractivity contribution < 1.29 is 33.0 Å². The molecule has 0 fully saturated rings. The van der Waals surface area contributed by atoms with Gasteiger partial charge in [0.25, 0.3) is 5.91 Å². The van der Waals surface area contributed by atoms with Gasteiger partial charge >= 0.3 is 0 Å². The number of carbonyl (C=O) groups excluding carboxylic acids is 3. The number of ether oxygens (including phenoxy) is 3. The van der Waals surface area contributed by atoms with E-state index in [4.69, 9.17) is 18.6 Å². The topological polar surface area (TPSA) is 128 Å². The van der Waals surface area contributed by atoms with Crippen LogP contribution >= 0.6 is 0 Å². The molecule has 178 valence electrons. The number of amides is 3. The van der Waals surface area contributed by atoms with Crippen LogP contribution in [0.15, 0.2) is 59.2 Å². The van der Waals surface area contributed by atoms with Crippen molar-refractivity contribution in [1.29, 1.82) is 0 Å². The van der Waals surface area contributed by atoms with Gasteiger partial charge in [-0.05, 0) is 36.4 Å². The molecule has 3 aromatic rings. The summed E-state index contributed by atoms with van der Waals surface area (Å²) in [6.45, 7) is 0. The first-order chi connectivity index (χ1) is 16.4. The van der Waals surface area contributed by atoms with Crippen LogP contribution in [0.3, 0.4) is 0 Å². The first-order valence-electron chi connectivity index (χ1n) is 10.3. The third kappa shape index (κ3) is 6.28. The lowest BCUT2D eigenvalue weighted by atomic mass is 10.2. The standard InChI is InChI=1S/C24H25N3O7/c1-31-16-8-6-15(7-9-16)25-22(28)10-11-23(29)26-17-13-21(33-3)18(14-20(17)32-2)27-24(30)19-5-4-12-34-19/h4-9,12-14H,10-11H2,1-3H3,(H,25,28)(H,26,29)(H,27,30). The van der Waals surface area contributed by atoms with Gasteiger partial charge in [0, 0.05) is 30.7 Å². The Hall–Kier alpha value is -4.47. The third-order valence-electron chi connectivity index (χ3n) is 4.74. The van der Waals surface area contributed by atoms with Gasteiger partial charge < -0.3 is 34.6 Å². The van der Waals surface area contributed by atoms with Crippen LogP contribution in [0.1, 0.15) is 23.4 Å². The summed E-state index contributed by atoms with van der Waals surface area (Å²) in [5.41, 5.74) is 1.26. The summed E-state index contributed by atoms with van der Waals surface area (Å²) in [6.07, 6.45) is 1.32. The van der Waals surface area contributed by atoms with Crippen molar-refractivity contribution in [2.45, 2.75) is 12.8 Å². The Morgan fingerprint density at radius 1 is 0.765 bits per heavy atom. The van der Waals surface area contributed by atoms with Gasteiger partial charge in [-0.15, -0.1) is 0 Å². The van der Waals surface area contributed by atoms with Crippen molar-refractivity contribution in [3.8, 4) is 17.2 Å². The minimum absolute atomic E-state index is 0.0192. The molecule has 0 unspecified atom stereocenters. The molecular formula is C24H25N3O7. The second-order valence-corrected chi connectivity index (χ2v) is 7.01. The Morgan fingerprint density at radius 3 is 1.88 bits per heavy atom. The number of benzene rings is 2. The maximum absolute atomic E-state index is 12.5. The van der Waals surface area contributed by atoms with Crippen LogP contribution in [0, 0.1) is 0 Å². The van der Waals surface area contributed by atoms with Crippen LogP contribution in [-0.4, -0.2) is 39.1 Å². The van der Waals surface area contributed by atoms with Gasteiger partial charge in [-0.1, -0.05) is 0 Å². The van der Waals surface area contributed by atoms with Crippen molar-refractivity contribution in [2.24, 2.45) is 0 Å². The quantitative estimate of drug-likeness (QED) is 0.412. The van der Waals surface area contributed by atoms with Crippen molar-refractivity contribution in [1.82, 2.24) is 0 Å². The summed E-state index contributed by atoms with van der Waals surface area (Å²) in [5, 5.41) is 8.11. The van der Waals surface area contributed by atoms with E-state index in [0.29, 0.717) is 34.3 Å². The van der Waals surface area contributed by atoms with Gasteiger partial charge in [-0.3, -0.25) is 14.4 Å². The molecule has 0 bridgehead atoms. The maximum atomic E-state index is 12.5. The van der Waals surface area contributed by atoms with E-state index in [0.717, 1.165) is 0 Å². The zero-order chi connectivity index (χ0) is 24.5. The summed E-state index contributed by atoms with van der Waals surface area (Å²) in [6, 6.07) is 13.0. The molecule has 3 N–H and O–H groups in total. The third-order valence-corrected chi connectivity index (χ3v) is 4.74. The number of hydrogen-bond donors (Lipinski definition) is 3. The van der Waals surface area contributed by atoms with Crippen molar-refractivity contribution in [3.63, 3.8) is 0 Å². The summed E-state index contributed by atoms with van der Waals surface area (Å²) >= 11 is 0. The number of carbonyl (C=O) groups is 3. The molecule has 34 heavy (non-hydrogen) atoms. The molecular weight excluding hydrogens is 442 g/mol. The highest BCUT2D eigenvalue weighted by Crippen LogP contribution is 2.36. The molecule has 0 radical (unpaired) electrons. The molecule has 0 atom stereocenters. The van der Waals surface area contributed by atoms with E-state index >= 15 is 0 Å². The average molecular weight is 467 g/mol. The smallest absolute Gasteiger partial charge is 0.291 e. The van der Waals surface area contributed by atoms with Crippen LogP contribution in [0.5, 0.6) is 17.2 Å². The van der Waals surface area contributed by atoms with E-state index in [1.165, 1.54) is 38.7 Å². The molecule has 0 aliphatic rings. The lowest BCUT2D eigenvalue weighted by Crippen LogP contribution is -2.18. The number of furan rings is 1. The van der Waals surface area contributed by atoms with E-state index < -0.39 is 11.8 Å². The van der Waals surface area contributed by atoms with E-state index in [1.807, 2.05) is 0 Å². The minimum Gasteiger partial charge on any atom is -0.497 e. The Bertz CT molecular complexity index is 1140. The maximum Gasteiger partial charge on any atom is 0.291 e. The number of nitrogens with one attached hydrogen (secondary N) is 3. The predicted octanol–water partition coefficient (Wildman–Crippen LogP) is 3.92. The number of rotatable bonds is 10. The van der Waals surface area contributed by atoms with Crippen molar-refractivity contribution in [3.05, 3.63) is 60.6 Å². The molecule has 0 spiro atoms. The highest BCUT2D eigenvalue weighted by Gasteiger charge is 2.17. The lowest BCUT2D eigenvalue weighted by molar-refractivity contribution is -0.121. The number of hydrogen-bond acceptors (Lipinski definition) is 7. The van der Waals surface area contributed by atoms with Crippen LogP contribution in [-0.2, 0) is 9.59 Å². The summed E-state index contributed by atoms with van der Waals surface area (Å²) in [4.78, 5) is 36.9. The molecule has 10 nitrogen and oxygen atoms in total. The molecule has 0 saturated heterocycles. The first kappa shape index (κ1) is 24.2. The monoisotopic (exact) mass is 467 g/mol. The zero-order valence-electron chi connectivity index (χ0n) is 19.0. The van der Waals surface area contributed by atoms with Gasteiger partial charge in [0.2, 0.25) is 11.8 Å². The van der Waals surface area contributed by atoms with Crippen molar-refractivity contribution in [2.75, 3.05) is 37.3 Å². The largest absolute Gasteiger partial charge is 0.497 e. The van der Waals surface area contributed by atoms with E-state index in [-0.39, 0.29) is 24.5 Å². The number of anilines is 3. The fourth-order valence-electron chi connectivity index (χ4n) is 3.02. The van der Waals surface area contributed by atoms with Crippen LogP contribution < -0.4 is 30.2 Å². The summed E-state index contributed by atoms with van der Waals surface area (Å²) < 4.78 is 20.9. The normalized spacial score (nSPS) is 10.2.